The molecule has 0 saturated heterocycles. The summed E-state index contributed by atoms with van der Waals surface area (Å²) < 4.78 is 11.3. The number of nitrogens with zero attached hydrogens (tertiary/aromatic N) is 1. The van der Waals surface area contributed by atoms with Gasteiger partial charge in [-0.3, -0.25) is 14.6 Å². The minimum Gasteiger partial charge on any atom is -0.493 e. The SMILES string of the molecule is CCCCOc1ccnc(C(=O)N[C@@H](COc2ccccc2C)C(C)=O)c1. The van der Waals surface area contributed by atoms with Crippen molar-refractivity contribution in [1.82, 2.24) is 10.3 Å². The number of rotatable bonds is 10. The van der Waals surface area contributed by atoms with Crippen LogP contribution < -0.4 is 14.8 Å². The van der Waals surface area contributed by atoms with E-state index in [1.54, 1.807) is 12.1 Å². The molecule has 0 unspecified atom stereocenters. The molecule has 0 spiro atoms. The van der Waals surface area contributed by atoms with Gasteiger partial charge in [0.2, 0.25) is 0 Å². The molecule has 1 amide bonds. The van der Waals surface area contributed by atoms with Crippen LogP contribution in [0.25, 0.3) is 0 Å². The van der Waals surface area contributed by atoms with Crippen molar-refractivity contribution in [2.45, 2.75) is 39.7 Å². The molecule has 144 valence electrons. The van der Waals surface area contributed by atoms with Crippen molar-refractivity contribution in [3.05, 3.63) is 53.9 Å². The Morgan fingerprint density at radius 3 is 2.67 bits per heavy atom. The number of carbonyl (C=O) groups is 2. The molecule has 6 heteroatoms. The predicted molar refractivity (Wildman–Crippen MR) is 103 cm³/mol. The maximum absolute atomic E-state index is 12.5. The van der Waals surface area contributed by atoms with Crippen molar-refractivity contribution in [3.63, 3.8) is 0 Å². The number of benzene rings is 1. The average molecular weight is 370 g/mol. The van der Waals surface area contributed by atoms with Gasteiger partial charge in [-0.1, -0.05) is 31.5 Å². The van der Waals surface area contributed by atoms with Crippen LogP contribution in [0.15, 0.2) is 42.6 Å². The van der Waals surface area contributed by atoms with E-state index in [0.717, 1.165) is 18.4 Å². The second-order valence-corrected chi connectivity index (χ2v) is 6.29. The molecule has 27 heavy (non-hydrogen) atoms. The number of carbonyl (C=O) groups excluding carboxylic acids is 2. The lowest BCUT2D eigenvalue weighted by atomic mass is 10.2. The van der Waals surface area contributed by atoms with Crippen LogP contribution in [0.5, 0.6) is 11.5 Å². The number of amides is 1. The van der Waals surface area contributed by atoms with Gasteiger partial charge in [0, 0.05) is 12.3 Å². The third kappa shape index (κ3) is 6.40. The van der Waals surface area contributed by atoms with Crippen molar-refractivity contribution in [2.75, 3.05) is 13.2 Å². The van der Waals surface area contributed by atoms with Gasteiger partial charge in [0.15, 0.2) is 5.78 Å². The Labute approximate surface area is 159 Å². The van der Waals surface area contributed by atoms with Crippen LogP contribution in [0.1, 0.15) is 42.7 Å². The number of Topliss-reactive ketones (excluding diaryl/α,β-unsaturated/α-hetero) is 1. The fourth-order valence-electron chi connectivity index (χ4n) is 2.34. The highest BCUT2D eigenvalue weighted by Crippen LogP contribution is 2.16. The smallest absolute Gasteiger partial charge is 0.270 e. The molecule has 6 nitrogen and oxygen atoms in total. The Kier molecular flexibility index (Phi) is 7.79. The van der Waals surface area contributed by atoms with Crippen LogP contribution >= 0.6 is 0 Å². The Hall–Kier alpha value is -2.89. The van der Waals surface area contributed by atoms with Crippen molar-refractivity contribution in [2.24, 2.45) is 0 Å². The molecule has 1 atom stereocenters. The molecule has 0 aliphatic carbocycles. The van der Waals surface area contributed by atoms with E-state index in [1.165, 1.54) is 13.1 Å². The molecule has 0 bridgehead atoms. The zero-order valence-electron chi connectivity index (χ0n) is 16.0. The summed E-state index contributed by atoms with van der Waals surface area (Å²) in [4.78, 5) is 28.5. The third-order valence-electron chi connectivity index (χ3n) is 4.03. The van der Waals surface area contributed by atoms with Crippen molar-refractivity contribution in [1.29, 1.82) is 0 Å². The number of unbranched alkanes of at least 4 members (excludes halogenated alkanes) is 1. The first-order valence-corrected chi connectivity index (χ1v) is 9.10. The minimum atomic E-state index is -0.761. The van der Waals surface area contributed by atoms with Gasteiger partial charge in [0.25, 0.3) is 5.91 Å². The molecule has 1 aromatic carbocycles. The number of para-hydroxylation sites is 1. The summed E-state index contributed by atoms with van der Waals surface area (Å²) in [5.74, 6) is 0.637. The zero-order chi connectivity index (χ0) is 19.6. The maximum atomic E-state index is 12.5. The van der Waals surface area contributed by atoms with Crippen molar-refractivity contribution in [3.8, 4) is 11.5 Å². The molecule has 0 radical (unpaired) electrons. The van der Waals surface area contributed by atoms with Crippen molar-refractivity contribution >= 4 is 11.7 Å². The predicted octanol–water partition coefficient (Wildman–Crippen LogP) is 3.34. The molecule has 0 aliphatic rings. The molecule has 1 aromatic heterocycles. The van der Waals surface area contributed by atoms with Gasteiger partial charge in [0.1, 0.15) is 29.8 Å². The monoisotopic (exact) mass is 370 g/mol. The van der Waals surface area contributed by atoms with E-state index in [0.29, 0.717) is 18.1 Å². The number of nitrogens with one attached hydrogen (secondary N) is 1. The highest BCUT2D eigenvalue weighted by atomic mass is 16.5. The lowest BCUT2D eigenvalue weighted by molar-refractivity contribution is -0.119. The molecule has 0 aliphatic heterocycles. The number of pyridine rings is 1. The van der Waals surface area contributed by atoms with Crippen LogP contribution in [-0.2, 0) is 4.79 Å². The number of hydrogen-bond acceptors (Lipinski definition) is 5. The molecular weight excluding hydrogens is 344 g/mol. The first-order valence-electron chi connectivity index (χ1n) is 9.10. The number of ether oxygens (including phenoxy) is 2. The van der Waals surface area contributed by atoms with Crippen molar-refractivity contribution < 1.29 is 19.1 Å². The summed E-state index contributed by atoms with van der Waals surface area (Å²) in [7, 11) is 0. The van der Waals surface area contributed by atoms with E-state index in [-0.39, 0.29) is 18.1 Å². The highest BCUT2D eigenvalue weighted by Gasteiger charge is 2.20. The zero-order valence-corrected chi connectivity index (χ0v) is 16.0. The summed E-state index contributed by atoms with van der Waals surface area (Å²) in [6, 6.07) is 10.0. The van der Waals surface area contributed by atoms with Crippen LogP contribution in [0.3, 0.4) is 0 Å². The fourth-order valence-corrected chi connectivity index (χ4v) is 2.34. The highest BCUT2D eigenvalue weighted by molar-refractivity contribution is 5.96. The van der Waals surface area contributed by atoms with E-state index in [1.807, 2.05) is 31.2 Å². The number of aryl methyl sites for hydroxylation is 1. The van der Waals surface area contributed by atoms with Gasteiger partial charge in [-0.05, 0) is 38.0 Å². The Bertz CT molecular complexity index is 776. The fraction of sp³-hybridized carbons (Fsp3) is 0.381. The Morgan fingerprint density at radius 2 is 1.96 bits per heavy atom. The number of ketones is 1. The quantitative estimate of drug-likeness (QED) is 0.649. The molecule has 2 aromatic rings. The molecule has 2 rings (SSSR count). The van der Waals surface area contributed by atoms with E-state index >= 15 is 0 Å². The summed E-state index contributed by atoms with van der Waals surface area (Å²) in [6.45, 7) is 6.06. The molecule has 1 heterocycles. The van der Waals surface area contributed by atoms with Crippen LogP contribution in [0.2, 0.25) is 0 Å². The first kappa shape index (κ1) is 20.4. The number of aromatic nitrogens is 1. The van der Waals surface area contributed by atoms with Gasteiger partial charge >= 0.3 is 0 Å². The summed E-state index contributed by atoms with van der Waals surface area (Å²) in [5, 5.41) is 2.69. The van der Waals surface area contributed by atoms with Gasteiger partial charge in [0.05, 0.1) is 6.61 Å². The van der Waals surface area contributed by atoms with Crippen LogP contribution in [-0.4, -0.2) is 35.9 Å². The van der Waals surface area contributed by atoms with Crippen LogP contribution in [0.4, 0.5) is 0 Å². The lowest BCUT2D eigenvalue weighted by Crippen LogP contribution is -2.44. The van der Waals surface area contributed by atoms with Gasteiger partial charge in [-0.25, -0.2) is 0 Å². The van der Waals surface area contributed by atoms with Gasteiger partial charge in [-0.2, -0.15) is 0 Å². The Balaban J connectivity index is 1.99. The third-order valence-corrected chi connectivity index (χ3v) is 4.03. The molecule has 1 N–H and O–H groups in total. The van der Waals surface area contributed by atoms with E-state index in [4.69, 9.17) is 9.47 Å². The second-order valence-electron chi connectivity index (χ2n) is 6.29. The van der Waals surface area contributed by atoms with Crippen LogP contribution in [0, 0.1) is 6.92 Å². The summed E-state index contributed by atoms with van der Waals surface area (Å²) in [5.41, 5.74) is 1.16. The molecule has 0 fully saturated rings. The maximum Gasteiger partial charge on any atom is 0.270 e. The largest absolute Gasteiger partial charge is 0.493 e. The topological polar surface area (TPSA) is 77.5 Å². The standard InChI is InChI=1S/C21H26N2O4/c1-4-5-12-26-17-10-11-22-18(13-17)21(25)23-19(16(3)24)14-27-20-9-7-6-8-15(20)2/h6-11,13,19H,4-5,12,14H2,1-3H3,(H,23,25)/t19-/m0/s1. The first-order chi connectivity index (χ1) is 13.0. The summed E-state index contributed by atoms with van der Waals surface area (Å²) in [6.07, 6.45) is 3.48. The van der Waals surface area contributed by atoms with E-state index in [9.17, 15) is 9.59 Å². The molecular formula is C21H26N2O4. The normalized spacial score (nSPS) is 11.5. The van der Waals surface area contributed by atoms with Gasteiger partial charge < -0.3 is 14.8 Å². The second kappa shape index (κ2) is 10.3. The van der Waals surface area contributed by atoms with Gasteiger partial charge in [-0.15, -0.1) is 0 Å². The van der Waals surface area contributed by atoms with E-state index < -0.39 is 11.9 Å². The average Bonchev–Trinajstić information content (AvgIpc) is 2.66. The minimum absolute atomic E-state index is 0.0542. The molecule has 0 saturated carbocycles. The summed E-state index contributed by atoms with van der Waals surface area (Å²) >= 11 is 0. The van der Waals surface area contributed by atoms with E-state index in [2.05, 4.69) is 17.2 Å². The number of hydrogen-bond donors (Lipinski definition) is 1. The Morgan fingerprint density at radius 1 is 1.19 bits per heavy atom. The lowest BCUT2D eigenvalue weighted by Gasteiger charge is -2.17.